The summed E-state index contributed by atoms with van der Waals surface area (Å²) in [4.78, 5) is 24.0. The lowest BCUT2D eigenvalue weighted by Gasteiger charge is -2.22. The number of nitrogens with zero attached hydrogens (tertiary/aromatic N) is 1. The minimum absolute atomic E-state index is 0.158. The third kappa shape index (κ3) is 4.31. The number of carboxylic acids is 1. The van der Waals surface area contributed by atoms with Crippen LogP contribution in [0.4, 0.5) is 4.79 Å². The van der Waals surface area contributed by atoms with Crippen molar-refractivity contribution in [3.63, 3.8) is 0 Å². The predicted molar refractivity (Wildman–Crippen MR) is 69.8 cm³/mol. The van der Waals surface area contributed by atoms with Crippen molar-refractivity contribution in [1.29, 1.82) is 0 Å². The van der Waals surface area contributed by atoms with Gasteiger partial charge in [0.25, 0.3) is 0 Å². The first-order valence-corrected chi connectivity index (χ1v) is 6.12. The molecule has 0 aliphatic heterocycles. The van der Waals surface area contributed by atoms with E-state index in [1.165, 1.54) is 4.90 Å². The number of hydrogen-bond donors (Lipinski definition) is 2. The molecule has 0 saturated heterocycles. The monoisotopic (exact) mass is 268 g/mol. The molecule has 106 valence electrons. The summed E-state index contributed by atoms with van der Waals surface area (Å²) in [5, 5.41) is 11.6. The summed E-state index contributed by atoms with van der Waals surface area (Å²) < 4.78 is 5.42. The van der Waals surface area contributed by atoms with E-state index in [0.29, 0.717) is 5.76 Å². The number of carboxylic acid groups (broad SMARTS) is 1. The molecular weight excluding hydrogens is 248 g/mol. The van der Waals surface area contributed by atoms with E-state index in [1.807, 2.05) is 19.9 Å². The molecule has 0 aliphatic carbocycles. The fourth-order valence-electron chi connectivity index (χ4n) is 1.62. The highest BCUT2D eigenvalue weighted by Crippen LogP contribution is 2.15. The number of aryl methyl sites for hydroxylation is 1. The molecular formula is C13H20N2O4. The van der Waals surface area contributed by atoms with Crippen molar-refractivity contribution in [1.82, 2.24) is 10.2 Å². The molecule has 2 amide bonds. The van der Waals surface area contributed by atoms with Gasteiger partial charge in [0.2, 0.25) is 0 Å². The number of carbonyl (C=O) groups is 2. The van der Waals surface area contributed by atoms with Crippen molar-refractivity contribution >= 4 is 12.0 Å². The summed E-state index contributed by atoms with van der Waals surface area (Å²) in [7, 11) is 1.56. The van der Waals surface area contributed by atoms with Gasteiger partial charge in [0.1, 0.15) is 11.5 Å². The quantitative estimate of drug-likeness (QED) is 0.855. The Bertz CT molecular complexity index is 455. The van der Waals surface area contributed by atoms with Gasteiger partial charge in [-0.15, -0.1) is 0 Å². The van der Waals surface area contributed by atoms with Gasteiger partial charge in [0.15, 0.2) is 0 Å². The molecule has 0 aliphatic rings. The molecule has 19 heavy (non-hydrogen) atoms. The van der Waals surface area contributed by atoms with Crippen LogP contribution in [0.5, 0.6) is 0 Å². The molecule has 1 aromatic rings. The fraction of sp³-hybridized carbons (Fsp3) is 0.538. The third-order valence-electron chi connectivity index (χ3n) is 2.84. The van der Waals surface area contributed by atoms with Gasteiger partial charge in [-0.05, 0) is 26.0 Å². The molecule has 0 fully saturated rings. The number of rotatable bonds is 5. The second kappa shape index (κ2) is 6.26. The Hall–Kier alpha value is -1.98. The predicted octanol–water partition coefficient (Wildman–Crippen LogP) is 2.01. The fourth-order valence-corrected chi connectivity index (χ4v) is 1.62. The van der Waals surface area contributed by atoms with Gasteiger partial charge in [-0.25, -0.2) is 4.79 Å². The number of nitrogens with one attached hydrogen (secondary N) is 1. The number of aliphatic carboxylic acids is 1. The van der Waals surface area contributed by atoms with Crippen LogP contribution in [0.15, 0.2) is 16.5 Å². The summed E-state index contributed by atoms with van der Waals surface area (Å²) in [6.07, 6.45) is 0. The highest BCUT2D eigenvalue weighted by atomic mass is 16.4. The van der Waals surface area contributed by atoms with Gasteiger partial charge in [0, 0.05) is 13.6 Å². The molecule has 2 atom stereocenters. The molecule has 2 unspecified atom stereocenters. The zero-order valence-electron chi connectivity index (χ0n) is 11.6. The maximum atomic E-state index is 11.9. The minimum atomic E-state index is -0.922. The Kier molecular flexibility index (Phi) is 4.97. The topological polar surface area (TPSA) is 82.8 Å². The first kappa shape index (κ1) is 15.1. The molecule has 1 aromatic heterocycles. The van der Waals surface area contributed by atoms with E-state index in [2.05, 4.69) is 5.32 Å². The molecule has 6 nitrogen and oxygen atoms in total. The molecule has 1 rings (SSSR count). The number of carbonyl (C=O) groups excluding carboxylic acids is 1. The van der Waals surface area contributed by atoms with Crippen molar-refractivity contribution in [3.8, 4) is 0 Å². The van der Waals surface area contributed by atoms with Gasteiger partial charge in [-0.2, -0.15) is 0 Å². The second-order valence-electron chi connectivity index (χ2n) is 4.74. The molecule has 0 spiro atoms. The van der Waals surface area contributed by atoms with E-state index < -0.39 is 11.9 Å². The molecule has 0 radical (unpaired) electrons. The van der Waals surface area contributed by atoms with Gasteiger partial charge in [-0.1, -0.05) is 6.92 Å². The Morgan fingerprint density at radius 1 is 1.42 bits per heavy atom. The standard InChI is InChI=1S/C13H20N2O4/c1-8(12(16)17)7-15(4)13(18)14-10(3)11-6-5-9(2)19-11/h5-6,8,10H,7H2,1-4H3,(H,14,18)(H,16,17). The van der Waals surface area contributed by atoms with Crippen LogP contribution in [0.25, 0.3) is 0 Å². The van der Waals surface area contributed by atoms with Gasteiger partial charge in [0.05, 0.1) is 12.0 Å². The Morgan fingerprint density at radius 3 is 2.53 bits per heavy atom. The van der Waals surface area contributed by atoms with Crippen LogP contribution in [0, 0.1) is 12.8 Å². The normalized spacial score (nSPS) is 13.7. The highest BCUT2D eigenvalue weighted by molar-refractivity contribution is 5.76. The number of amides is 2. The highest BCUT2D eigenvalue weighted by Gasteiger charge is 2.19. The second-order valence-corrected chi connectivity index (χ2v) is 4.74. The van der Waals surface area contributed by atoms with Crippen LogP contribution in [0.3, 0.4) is 0 Å². The van der Waals surface area contributed by atoms with Crippen LogP contribution >= 0.6 is 0 Å². The third-order valence-corrected chi connectivity index (χ3v) is 2.84. The first-order chi connectivity index (χ1) is 8.81. The summed E-state index contributed by atoms with van der Waals surface area (Å²) in [5.74, 6) is -0.0687. The molecule has 2 N–H and O–H groups in total. The van der Waals surface area contributed by atoms with E-state index in [0.717, 1.165) is 5.76 Å². The van der Waals surface area contributed by atoms with Gasteiger partial charge >= 0.3 is 12.0 Å². The van der Waals surface area contributed by atoms with Crippen molar-refractivity contribution in [2.24, 2.45) is 5.92 Å². The van der Waals surface area contributed by atoms with Gasteiger partial charge in [-0.3, -0.25) is 4.79 Å². The summed E-state index contributed by atoms with van der Waals surface area (Å²) in [6, 6.07) is 3.05. The van der Waals surface area contributed by atoms with E-state index in [4.69, 9.17) is 9.52 Å². The van der Waals surface area contributed by atoms with Crippen LogP contribution in [0.1, 0.15) is 31.4 Å². The maximum absolute atomic E-state index is 11.9. The van der Waals surface area contributed by atoms with E-state index in [-0.39, 0.29) is 18.6 Å². The smallest absolute Gasteiger partial charge is 0.317 e. The molecule has 1 heterocycles. The molecule has 0 aromatic carbocycles. The van der Waals surface area contributed by atoms with Crippen LogP contribution in [0.2, 0.25) is 0 Å². The van der Waals surface area contributed by atoms with Crippen LogP contribution in [-0.2, 0) is 4.79 Å². The largest absolute Gasteiger partial charge is 0.481 e. The lowest BCUT2D eigenvalue weighted by atomic mass is 10.2. The number of furan rings is 1. The molecule has 6 heteroatoms. The maximum Gasteiger partial charge on any atom is 0.317 e. The van der Waals surface area contributed by atoms with Crippen molar-refractivity contribution in [3.05, 3.63) is 23.7 Å². The van der Waals surface area contributed by atoms with Crippen LogP contribution < -0.4 is 5.32 Å². The summed E-state index contributed by atoms with van der Waals surface area (Å²) in [6.45, 7) is 5.36. The number of hydrogen-bond acceptors (Lipinski definition) is 3. The van der Waals surface area contributed by atoms with Crippen molar-refractivity contribution in [2.45, 2.75) is 26.8 Å². The van der Waals surface area contributed by atoms with E-state index in [1.54, 1.807) is 20.0 Å². The molecule has 0 saturated carbocycles. The average Bonchev–Trinajstić information content (AvgIpc) is 2.75. The first-order valence-electron chi connectivity index (χ1n) is 6.12. The zero-order chi connectivity index (χ0) is 14.6. The zero-order valence-corrected chi connectivity index (χ0v) is 11.6. The Labute approximate surface area is 112 Å². The summed E-state index contributed by atoms with van der Waals surface area (Å²) in [5.41, 5.74) is 0. The Balaban J connectivity index is 2.52. The lowest BCUT2D eigenvalue weighted by molar-refractivity contribution is -0.141. The molecule has 0 bridgehead atoms. The lowest BCUT2D eigenvalue weighted by Crippen LogP contribution is -2.41. The van der Waals surface area contributed by atoms with Gasteiger partial charge < -0.3 is 19.7 Å². The Morgan fingerprint density at radius 2 is 2.05 bits per heavy atom. The number of urea groups is 1. The average molecular weight is 268 g/mol. The van der Waals surface area contributed by atoms with E-state index >= 15 is 0 Å². The van der Waals surface area contributed by atoms with Crippen molar-refractivity contribution in [2.75, 3.05) is 13.6 Å². The van der Waals surface area contributed by atoms with E-state index in [9.17, 15) is 9.59 Å². The minimum Gasteiger partial charge on any atom is -0.481 e. The SMILES string of the molecule is Cc1ccc(C(C)NC(=O)N(C)CC(C)C(=O)O)o1. The van der Waals surface area contributed by atoms with Crippen LogP contribution in [-0.4, -0.2) is 35.6 Å². The van der Waals surface area contributed by atoms with Crippen molar-refractivity contribution < 1.29 is 19.1 Å². The summed E-state index contributed by atoms with van der Waals surface area (Å²) >= 11 is 0.